The van der Waals surface area contributed by atoms with Crippen molar-refractivity contribution in [1.82, 2.24) is 0 Å². The number of hydrogen-bond acceptors (Lipinski definition) is 5. The smallest absolute Gasteiger partial charge is 0.270 e. The number of nitro benzene ring substituents is 1. The highest BCUT2D eigenvalue weighted by Gasteiger charge is 2.05. The van der Waals surface area contributed by atoms with E-state index in [1.807, 2.05) is 0 Å². The summed E-state index contributed by atoms with van der Waals surface area (Å²) in [4.78, 5) is 14.0. The molecule has 0 fully saturated rings. The highest BCUT2D eigenvalue weighted by atomic mass is 35.5. The molecule has 7 heteroatoms. The molecule has 0 amide bonds. The minimum absolute atomic E-state index is 0.00573. The molecule has 0 saturated carbocycles. The molecule has 0 aliphatic carbocycles. The Labute approximate surface area is 118 Å². The summed E-state index contributed by atoms with van der Waals surface area (Å²) < 4.78 is 0. The minimum Gasteiger partial charge on any atom is -0.872 e. The van der Waals surface area contributed by atoms with Crippen molar-refractivity contribution in [2.75, 3.05) is 0 Å². The van der Waals surface area contributed by atoms with E-state index < -0.39 is 4.92 Å². The van der Waals surface area contributed by atoms with Crippen molar-refractivity contribution < 1.29 is 15.1 Å². The number of nitro groups is 1. The van der Waals surface area contributed by atoms with E-state index in [2.05, 4.69) is 4.99 Å². The summed E-state index contributed by atoms with van der Waals surface area (Å²) in [5.41, 5.74) is 0.238. The van der Waals surface area contributed by atoms with Gasteiger partial charge in [-0.2, -0.15) is 0 Å². The maximum absolute atomic E-state index is 11.6. The van der Waals surface area contributed by atoms with Gasteiger partial charge in [-0.1, -0.05) is 23.4 Å². The average molecular weight is 292 g/mol. The summed E-state index contributed by atoms with van der Waals surface area (Å²) in [7, 11) is 0. The van der Waals surface area contributed by atoms with Crippen molar-refractivity contribution in [3.05, 3.63) is 57.1 Å². The fourth-order valence-corrected chi connectivity index (χ4v) is 1.71. The van der Waals surface area contributed by atoms with E-state index in [9.17, 15) is 20.3 Å². The van der Waals surface area contributed by atoms with Crippen molar-refractivity contribution >= 4 is 29.2 Å². The van der Waals surface area contributed by atoms with Crippen LogP contribution in [0.15, 0.2) is 41.4 Å². The maximum atomic E-state index is 11.6. The normalized spacial score (nSPS) is 10.8. The number of phenolic OH excluding ortho intramolecular Hbond substituents is 1. The van der Waals surface area contributed by atoms with Crippen LogP contribution in [0.3, 0.4) is 0 Å². The number of halogens is 1. The van der Waals surface area contributed by atoms with Gasteiger partial charge >= 0.3 is 0 Å². The molecule has 0 unspecified atom stereocenters. The predicted octanol–water partition coefficient (Wildman–Crippen LogP) is 2.78. The molecule has 2 aromatic rings. The van der Waals surface area contributed by atoms with Gasteiger partial charge in [-0.15, -0.1) is 0 Å². The van der Waals surface area contributed by atoms with Gasteiger partial charge < -0.3 is 10.2 Å². The second-order valence-electron chi connectivity index (χ2n) is 3.87. The standard InChI is InChI=1S/C13H9ClN2O4/c14-11-6-10(17)2-3-12(11)15-7-8-5-9(16(19)20)1-4-13(8)18/h1-7,17-18H/p-1. The molecule has 0 bridgehead atoms. The molecule has 2 rings (SSSR count). The van der Waals surface area contributed by atoms with Crippen molar-refractivity contribution in [1.29, 1.82) is 0 Å². The highest BCUT2D eigenvalue weighted by molar-refractivity contribution is 6.33. The molecule has 2 aromatic carbocycles. The summed E-state index contributed by atoms with van der Waals surface area (Å²) in [5, 5.41) is 31.6. The Kier molecular flexibility index (Phi) is 3.86. The number of aromatic hydroxyl groups is 1. The van der Waals surface area contributed by atoms with Crippen LogP contribution in [-0.2, 0) is 0 Å². The van der Waals surface area contributed by atoms with Crippen molar-refractivity contribution in [3.8, 4) is 11.5 Å². The Balaban J connectivity index is 2.35. The average Bonchev–Trinajstić information content (AvgIpc) is 2.39. The minimum atomic E-state index is -0.593. The molecule has 20 heavy (non-hydrogen) atoms. The Morgan fingerprint density at radius 3 is 2.65 bits per heavy atom. The predicted molar refractivity (Wildman–Crippen MR) is 72.9 cm³/mol. The van der Waals surface area contributed by atoms with Gasteiger partial charge in [0.2, 0.25) is 0 Å². The number of non-ortho nitro benzene ring substituents is 1. The van der Waals surface area contributed by atoms with E-state index in [-0.39, 0.29) is 27.8 Å². The SMILES string of the molecule is O=[N+]([O-])c1ccc([O-])c(C=Nc2ccc(O)cc2Cl)c1. The molecule has 0 aliphatic heterocycles. The Morgan fingerprint density at radius 1 is 1.25 bits per heavy atom. The van der Waals surface area contributed by atoms with E-state index in [1.165, 1.54) is 24.4 Å². The molecular weight excluding hydrogens is 284 g/mol. The van der Waals surface area contributed by atoms with Gasteiger partial charge in [0.1, 0.15) is 5.75 Å². The summed E-state index contributed by atoms with van der Waals surface area (Å²) >= 11 is 5.86. The van der Waals surface area contributed by atoms with Crippen molar-refractivity contribution in [2.45, 2.75) is 0 Å². The van der Waals surface area contributed by atoms with Gasteiger partial charge in [0.05, 0.1) is 15.6 Å². The second kappa shape index (κ2) is 5.58. The maximum Gasteiger partial charge on any atom is 0.270 e. The van der Waals surface area contributed by atoms with Gasteiger partial charge in [-0.25, -0.2) is 0 Å². The van der Waals surface area contributed by atoms with Crippen molar-refractivity contribution in [3.63, 3.8) is 0 Å². The number of phenols is 1. The van der Waals surface area contributed by atoms with E-state index >= 15 is 0 Å². The molecule has 0 aliphatic rings. The van der Waals surface area contributed by atoms with Crippen LogP contribution < -0.4 is 5.11 Å². The van der Waals surface area contributed by atoms with Crippen LogP contribution in [0.2, 0.25) is 5.02 Å². The number of nitrogens with zero attached hydrogens (tertiary/aromatic N) is 2. The Morgan fingerprint density at radius 2 is 2.00 bits per heavy atom. The molecular formula is C13H8ClN2O4-. The van der Waals surface area contributed by atoms with E-state index in [1.54, 1.807) is 0 Å². The zero-order chi connectivity index (χ0) is 14.7. The largest absolute Gasteiger partial charge is 0.872 e. The third-order valence-electron chi connectivity index (χ3n) is 2.48. The van der Waals surface area contributed by atoms with Crippen LogP contribution in [0.4, 0.5) is 11.4 Å². The van der Waals surface area contributed by atoms with E-state index in [4.69, 9.17) is 11.6 Å². The third kappa shape index (κ3) is 3.04. The van der Waals surface area contributed by atoms with Gasteiger partial charge in [0.15, 0.2) is 0 Å². The molecule has 0 atom stereocenters. The van der Waals surface area contributed by atoms with Crippen LogP contribution in [0.5, 0.6) is 11.5 Å². The van der Waals surface area contributed by atoms with Gasteiger partial charge in [-0.05, 0) is 17.7 Å². The number of benzene rings is 2. The van der Waals surface area contributed by atoms with Crippen LogP contribution in [0.25, 0.3) is 0 Å². The zero-order valence-corrected chi connectivity index (χ0v) is 10.7. The van der Waals surface area contributed by atoms with E-state index in [0.717, 1.165) is 18.2 Å². The fraction of sp³-hybridized carbons (Fsp3) is 0. The molecule has 102 valence electrons. The number of rotatable bonds is 3. The first-order valence-corrected chi connectivity index (χ1v) is 5.83. The lowest BCUT2D eigenvalue weighted by atomic mass is 10.2. The summed E-state index contributed by atoms with van der Waals surface area (Å²) in [5.74, 6) is -0.386. The molecule has 6 nitrogen and oxygen atoms in total. The molecule has 0 radical (unpaired) electrons. The zero-order valence-electron chi connectivity index (χ0n) is 9.99. The van der Waals surface area contributed by atoms with E-state index in [0.29, 0.717) is 5.69 Å². The van der Waals surface area contributed by atoms with Crippen LogP contribution in [0.1, 0.15) is 5.56 Å². The van der Waals surface area contributed by atoms with Gasteiger partial charge in [-0.3, -0.25) is 15.1 Å². The molecule has 1 N–H and O–H groups in total. The lowest BCUT2D eigenvalue weighted by molar-refractivity contribution is -0.385. The summed E-state index contributed by atoms with van der Waals surface area (Å²) in [6.07, 6.45) is 1.20. The number of hydrogen-bond donors (Lipinski definition) is 1. The van der Waals surface area contributed by atoms with Crippen LogP contribution >= 0.6 is 11.6 Å². The van der Waals surface area contributed by atoms with Crippen molar-refractivity contribution in [2.24, 2.45) is 4.99 Å². The Hall–Kier alpha value is -2.60. The monoisotopic (exact) mass is 291 g/mol. The molecule has 0 spiro atoms. The topological polar surface area (TPSA) is 98.8 Å². The van der Waals surface area contributed by atoms with Gasteiger partial charge in [0, 0.05) is 24.4 Å². The first-order valence-electron chi connectivity index (χ1n) is 5.45. The summed E-state index contributed by atoms with van der Waals surface area (Å²) in [6, 6.07) is 7.55. The molecule has 0 saturated heterocycles. The highest BCUT2D eigenvalue weighted by Crippen LogP contribution is 2.29. The second-order valence-corrected chi connectivity index (χ2v) is 4.28. The van der Waals surface area contributed by atoms with Gasteiger partial charge in [0.25, 0.3) is 5.69 Å². The third-order valence-corrected chi connectivity index (χ3v) is 2.78. The lowest BCUT2D eigenvalue weighted by Crippen LogP contribution is -1.98. The molecule has 0 heterocycles. The van der Waals surface area contributed by atoms with Crippen LogP contribution in [0, 0.1) is 10.1 Å². The fourth-order valence-electron chi connectivity index (χ4n) is 1.49. The first kappa shape index (κ1) is 13.8. The Bertz CT molecular complexity index is 701. The first-order chi connectivity index (χ1) is 9.47. The lowest BCUT2D eigenvalue weighted by Gasteiger charge is -2.08. The number of aliphatic imine (C=N–C) groups is 1. The molecule has 0 aromatic heterocycles. The quantitative estimate of drug-likeness (QED) is 0.534. The van der Waals surface area contributed by atoms with Crippen LogP contribution in [-0.4, -0.2) is 16.2 Å². The summed E-state index contributed by atoms with van der Waals surface area (Å²) in [6.45, 7) is 0.